The molecule has 0 amide bonds. The summed E-state index contributed by atoms with van der Waals surface area (Å²) in [6.45, 7) is 12.4. The second-order valence-corrected chi connectivity index (χ2v) is 6.68. The highest BCUT2D eigenvalue weighted by Gasteiger charge is 2.18. The largest absolute Gasteiger partial charge is 0.369 e. The number of hydrogen-bond acceptors (Lipinski definition) is 6. The first-order valence-corrected chi connectivity index (χ1v) is 7.20. The van der Waals surface area contributed by atoms with Crippen LogP contribution in [0.1, 0.15) is 27.7 Å². The first-order chi connectivity index (χ1) is 9.33. The third-order valence-corrected chi connectivity index (χ3v) is 3.22. The number of aromatic nitrogens is 2. The SMILES string of the molecule is C[C@@H]1CN(c2cc(NCC(C)(C)C)nc(N)n2)CCN1. The summed E-state index contributed by atoms with van der Waals surface area (Å²) in [5, 5.41) is 6.77. The molecule has 1 atom stereocenters. The van der Waals surface area contributed by atoms with Crippen molar-refractivity contribution in [2.24, 2.45) is 5.41 Å². The molecule has 2 rings (SSSR count). The monoisotopic (exact) mass is 278 g/mol. The lowest BCUT2D eigenvalue weighted by Crippen LogP contribution is -2.49. The number of anilines is 3. The second-order valence-electron chi connectivity index (χ2n) is 6.68. The van der Waals surface area contributed by atoms with Gasteiger partial charge in [-0.25, -0.2) is 0 Å². The fourth-order valence-electron chi connectivity index (χ4n) is 2.20. The lowest BCUT2D eigenvalue weighted by molar-refractivity contribution is 0.442. The number of nitrogen functional groups attached to an aromatic ring is 1. The smallest absolute Gasteiger partial charge is 0.223 e. The molecule has 1 aliphatic heterocycles. The van der Waals surface area contributed by atoms with Crippen molar-refractivity contribution in [1.82, 2.24) is 15.3 Å². The van der Waals surface area contributed by atoms with Crippen molar-refractivity contribution < 1.29 is 0 Å². The van der Waals surface area contributed by atoms with Crippen LogP contribution in [0.4, 0.5) is 17.6 Å². The summed E-state index contributed by atoms with van der Waals surface area (Å²) in [7, 11) is 0. The molecule has 0 saturated carbocycles. The van der Waals surface area contributed by atoms with Crippen molar-refractivity contribution >= 4 is 17.6 Å². The van der Waals surface area contributed by atoms with Gasteiger partial charge in [0.05, 0.1) is 0 Å². The quantitative estimate of drug-likeness (QED) is 0.774. The van der Waals surface area contributed by atoms with Gasteiger partial charge >= 0.3 is 0 Å². The maximum atomic E-state index is 5.84. The third kappa shape index (κ3) is 4.23. The molecule has 0 bridgehead atoms. The summed E-state index contributed by atoms with van der Waals surface area (Å²) in [6.07, 6.45) is 0. The summed E-state index contributed by atoms with van der Waals surface area (Å²) in [6, 6.07) is 2.45. The number of nitrogens with two attached hydrogens (primary N) is 1. The van der Waals surface area contributed by atoms with Crippen molar-refractivity contribution in [3.8, 4) is 0 Å². The van der Waals surface area contributed by atoms with E-state index < -0.39 is 0 Å². The maximum Gasteiger partial charge on any atom is 0.223 e. The van der Waals surface area contributed by atoms with E-state index >= 15 is 0 Å². The van der Waals surface area contributed by atoms with E-state index in [9.17, 15) is 0 Å². The van der Waals surface area contributed by atoms with Gasteiger partial charge in [0, 0.05) is 38.3 Å². The minimum Gasteiger partial charge on any atom is -0.369 e. The van der Waals surface area contributed by atoms with Gasteiger partial charge in [0.25, 0.3) is 0 Å². The lowest BCUT2D eigenvalue weighted by Gasteiger charge is -2.33. The van der Waals surface area contributed by atoms with Crippen LogP contribution in [0.15, 0.2) is 6.07 Å². The molecule has 0 unspecified atom stereocenters. The zero-order chi connectivity index (χ0) is 14.8. The van der Waals surface area contributed by atoms with Gasteiger partial charge in [-0.15, -0.1) is 0 Å². The Morgan fingerprint density at radius 1 is 1.45 bits per heavy atom. The number of nitrogens with zero attached hydrogens (tertiary/aromatic N) is 3. The Kier molecular flexibility index (Phi) is 4.32. The molecule has 1 aromatic heterocycles. The Hall–Kier alpha value is -1.56. The molecule has 6 heteroatoms. The number of nitrogens with one attached hydrogen (secondary N) is 2. The minimum atomic E-state index is 0.198. The summed E-state index contributed by atoms with van der Waals surface area (Å²) in [5.41, 5.74) is 6.03. The van der Waals surface area contributed by atoms with E-state index in [-0.39, 0.29) is 5.41 Å². The van der Waals surface area contributed by atoms with Gasteiger partial charge < -0.3 is 21.3 Å². The molecular weight excluding hydrogens is 252 g/mol. The Balaban J connectivity index is 2.11. The lowest BCUT2D eigenvalue weighted by atomic mass is 9.97. The van der Waals surface area contributed by atoms with Gasteiger partial charge in [0.2, 0.25) is 5.95 Å². The standard InChI is InChI=1S/C14H26N6/c1-10-8-20(6-5-16-10)12-7-11(18-13(15)19-12)17-9-14(2,3)4/h7,10,16H,5-6,8-9H2,1-4H3,(H3,15,17,18,19)/t10-/m1/s1. The predicted octanol–water partition coefficient (Wildman–Crippen LogP) is 1.31. The number of piperazine rings is 1. The third-order valence-electron chi connectivity index (χ3n) is 3.22. The molecule has 20 heavy (non-hydrogen) atoms. The molecule has 1 saturated heterocycles. The van der Waals surface area contributed by atoms with Crippen molar-refractivity contribution in [1.29, 1.82) is 0 Å². The summed E-state index contributed by atoms with van der Waals surface area (Å²) in [5.74, 6) is 2.03. The molecule has 0 spiro atoms. The Morgan fingerprint density at radius 3 is 2.85 bits per heavy atom. The molecular formula is C14H26N6. The van der Waals surface area contributed by atoms with Crippen LogP contribution in [0.2, 0.25) is 0 Å². The highest BCUT2D eigenvalue weighted by molar-refractivity contribution is 5.53. The van der Waals surface area contributed by atoms with E-state index in [0.717, 1.165) is 37.8 Å². The highest BCUT2D eigenvalue weighted by atomic mass is 15.3. The molecule has 1 aliphatic rings. The zero-order valence-electron chi connectivity index (χ0n) is 12.9. The number of rotatable bonds is 3. The van der Waals surface area contributed by atoms with E-state index in [0.29, 0.717) is 12.0 Å². The minimum absolute atomic E-state index is 0.198. The first kappa shape index (κ1) is 14.8. The highest BCUT2D eigenvalue weighted by Crippen LogP contribution is 2.20. The van der Waals surface area contributed by atoms with Gasteiger partial charge in [-0.3, -0.25) is 0 Å². The Bertz CT molecular complexity index is 453. The molecule has 0 radical (unpaired) electrons. The molecule has 4 N–H and O–H groups in total. The molecule has 0 aliphatic carbocycles. The molecule has 112 valence electrons. The van der Waals surface area contributed by atoms with Gasteiger partial charge in [0.1, 0.15) is 11.6 Å². The van der Waals surface area contributed by atoms with Gasteiger partial charge in [-0.2, -0.15) is 9.97 Å². The van der Waals surface area contributed by atoms with Crippen LogP contribution in [0.25, 0.3) is 0 Å². The van der Waals surface area contributed by atoms with Crippen LogP contribution in [0.3, 0.4) is 0 Å². The van der Waals surface area contributed by atoms with Crippen molar-refractivity contribution in [3.05, 3.63) is 6.07 Å². The maximum absolute atomic E-state index is 5.84. The predicted molar refractivity (Wildman–Crippen MR) is 84.1 cm³/mol. The van der Waals surface area contributed by atoms with E-state index in [1.54, 1.807) is 0 Å². The van der Waals surface area contributed by atoms with E-state index in [1.165, 1.54) is 0 Å². The fourth-order valence-corrected chi connectivity index (χ4v) is 2.20. The summed E-state index contributed by atoms with van der Waals surface area (Å²) >= 11 is 0. The summed E-state index contributed by atoms with van der Waals surface area (Å²) < 4.78 is 0. The van der Waals surface area contributed by atoms with Crippen LogP contribution in [-0.2, 0) is 0 Å². The Morgan fingerprint density at radius 2 is 2.20 bits per heavy atom. The molecule has 6 nitrogen and oxygen atoms in total. The Labute approximate surface area is 121 Å². The van der Waals surface area contributed by atoms with Crippen LogP contribution >= 0.6 is 0 Å². The van der Waals surface area contributed by atoms with E-state index in [1.807, 2.05) is 6.07 Å². The van der Waals surface area contributed by atoms with Gasteiger partial charge in [-0.1, -0.05) is 20.8 Å². The molecule has 1 fully saturated rings. The average molecular weight is 278 g/mol. The van der Waals surface area contributed by atoms with E-state index in [4.69, 9.17) is 5.73 Å². The number of hydrogen-bond donors (Lipinski definition) is 3. The molecule has 0 aromatic carbocycles. The van der Waals surface area contributed by atoms with Crippen LogP contribution in [0, 0.1) is 5.41 Å². The van der Waals surface area contributed by atoms with Gasteiger partial charge in [0.15, 0.2) is 0 Å². The molecule has 2 heterocycles. The second kappa shape index (κ2) is 5.83. The summed E-state index contributed by atoms with van der Waals surface area (Å²) in [4.78, 5) is 10.9. The first-order valence-electron chi connectivity index (χ1n) is 7.20. The van der Waals surface area contributed by atoms with E-state index in [2.05, 4.69) is 53.2 Å². The normalized spacial score (nSPS) is 20.0. The topological polar surface area (TPSA) is 79.1 Å². The van der Waals surface area contributed by atoms with Crippen molar-refractivity contribution in [2.45, 2.75) is 33.7 Å². The van der Waals surface area contributed by atoms with Crippen LogP contribution in [-0.4, -0.2) is 42.2 Å². The zero-order valence-corrected chi connectivity index (χ0v) is 12.9. The van der Waals surface area contributed by atoms with Gasteiger partial charge in [-0.05, 0) is 12.3 Å². The fraction of sp³-hybridized carbons (Fsp3) is 0.714. The van der Waals surface area contributed by atoms with Crippen molar-refractivity contribution in [3.63, 3.8) is 0 Å². The van der Waals surface area contributed by atoms with Crippen molar-refractivity contribution in [2.75, 3.05) is 42.1 Å². The van der Waals surface area contributed by atoms with Crippen LogP contribution in [0.5, 0.6) is 0 Å². The molecule has 1 aromatic rings. The average Bonchev–Trinajstić information content (AvgIpc) is 2.35. The van der Waals surface area contributed by atoms with Crippen LogP contribution < -0.4 is 21.3 Å².